The Bertz CT molecular complexity index is 970. The van der Waals surface area contributed by atoms with Crippen molar-refractivity contribution in [2.24, 2.45) is 0 Å². The molecule has 3 aromatic carbocycles. The van der Waals surface area contributed by atoms with Crippen molar-refractivity contribution < 1.29 is 28.5 Å². The first-order chi connectivity index (χ1) is 16.7. The summed E-state index contributed by atoms with van der Waals surface area (Å²) in [4.78, 5) is 11.9. The molecule has 0 aliphatic rings. The Balaban J connectivity index is 1.31. The highest BCUT2D eigenvalue weighted by Crippen LogP contribution is 2.23. The summed E-state index contributed by atoms with van der Waals surface area (Å²) in [5.74, 6) is 2.85. The quantitative estimate of drug-likeness (QED) is 0.221. The average Bonchev–Trinajstić information content (AvgIpc) is 2.87. The SMILES string of the molecule is CCOC(=O)[C@H](Cc1ccc(OCCCCOc2ccc(Oc3ccccc3)cc2)cc1)OC. The van der Waals surface area contributed by atoms with E-state index in [1.54, 1.807) is 6.92 Å². The van der Waals surface area contributed by atoms with Crippen molar-refractivity contribution in [3.05, 3.63) is 84.4 Å². The molecular weight excluding hydrogens is 432 g/mol. The summed E-state index contributed by atoms with van der Waals surface area (Å²) in [6, 6.07) is 25.0. The number of carbonyl (C=O) groups excluding carboxylic acids is 1. The minimum atomic E-state index is -0.598. The van der Waals surface area contributed by atoms with Gasteiger partial charge in [0.15, 0.2) is 6.10 Å². The van der Waals surface area contributed by atoms with Gasteiger partial charge in [-0.05, 0) is 73.9 Å². The van der Waals surface area contributed by atoms with Gasteiger partial charge in [-0.15, -0.1) is 0 Å². The van der Waals surface area contributed by atoms with Gasteiger partial charge < -0.3 is 23.7 Å². The Hall–Kier alpha value is -3.51. The highest BCUT2D eigenvalue weighted by atomic mass is 16.6. The molecule has 3 aromatic rings. The standard InChI is InChI=1S/C28H32O6/c1-3-31-28(29)27(30-2)21-22-11-13-23(14-12-22)32-19-7-8-20-33-24-15-17-26(18-16-24)34-25-9-5-4-6-10-25/h4-6,9-18,27H,3,7-8,19-21H2,1-2H3/t27-/m0/s1. The summed E-state index contributed by atoms with van der Waals surface area (Å²) < 4.78 is 27.7. The molecule has 0 aromatic heterocycles. The van der Waals surface area contributed by atoms with Crippen LogP contribution in [0.5, 0.6) is 23.0 Å². The Kier molecular flexibility index (Phi) is 10.3. The van der Waals surface area contributed by atoms with Gasteiger partial charge in [0.2, 0.25) is 0 Å². The van der Waals surface area contributed by atoms with Crippen molar-refractivity contribution in [3.63, 3.8) is 0 Å². The van der Waals surface area contributed by atoms with E-state index < -0.39 is 6.10 Å². The monoisotopic (exact) mass is 464 g/mol. The van der Waals surface area contributed by atoms with Gasteiger partial charge in [-0.3, -0.25) is 0 Å². The van der Waals surface area contributed by atoms with E-state index in [0.717, 1.165) is 41.4 Å². The average molecular weight is 465 g/mol. The highest BCUT2D eigenvalue weighted by Gasteiger charge is 2.19. The maximum Gasteiger partial charge on any atom is 0.335 e. The highest BCUT2D eigenvalue weighted by molar-refractivity contribution is 5.75. The summed E-state index contributed by atoms with van der Waals surface area (Å²) in [5, 5.41) is 0. The maximum absolute atomic E-state index is 11.9. The third kappa shape index (κ3) is 8.45. The summed E-state index contributed by atoms with van der Waals surface area (Å²) >= 11 is 0. The number of methoxy groups -OCH3 is 1. The molecule has 0 amide bonds. The van der Waals surface area contributed by atoms with Crippen molar-refractivity contribution in [2.45, 2.75) is 32.3 Å². The van der Waals surface area contributed by atoms with E-state index in [9.17, 15) is 4.79 Å². The van der Waals surface area contributed by atoms with Crippen LogP contribution in [0.2, 0.25) is 0 Å². The van der Waals surface area contributed by atoms with Crippen LogP contribution >= 0.6 is 0 Å². The predicted molar refractivity (Wildman–Crippen MR) is 131 cm³/mol. The molecule has 0 saturated heterocycles. The molecule has 34 heavy (non-hydrogen) atoms. The number of hydrogen-bond donors (Lipinski definition) is 0. The van der Waals surface area contributed by atoms with Gasteiger partial charge in [-0.1, -0.05) is 30.3 Å². The fourth-order valence-corrected chi connectivity index (χ4v) is 3.25. The number of benzene rings is 3. The van der Waals surface area contributed by atoms with Crippen LogP contribution in [0, 0.1) is 0 Å². The molecule has 0 fully saturated rings. The van der Waals surface area contributed by atoms with Gasteiger partial charge in [-0.2, -0.15) is 0 Å². The molecule has 0 aliphatic carbocycles. The van der Waals surface area contributed by atoms with E-state index in [4.69, 9.17) is 23.7 Å². The van der Waals surface area contributed by atoms with Crippen LogP contribution in [-0.4, -0.2) is 39.0 Å². The number of hydrogen-bond acceptors (Lipinski definition) is 6. The molecule has 0 bridgehead atoms. The van der Waals surface area contributed by atoms with E-state index in [2.05, 4.69) is 0 Å². The Labute approximate surface area is 201 Å². The lowest BCUT2D eigenvalue weighted by Crippen LogP contribution is -2.27. The molecular formula is C28H32O6. The van der Waals surface area contributed by atoms with Gasteiger partial charge in [0.1, 0.15) is 23.0 Å². The van der Waals surface area contributed by atoms with E-state index >= 15 is 0 Å². The van der Waals surface area contributed by atoms with Crippen LogP contribution in [0.3, 0.4) is 0 Å². The molecule has 0 spiro atoms. The number of para-hydroxylation sites is 1. The van der Waals surface area contributed by atoms with Crippen LogP contribution in [0.25, 0.3) is 0 Å². The zero-order valence-corrected chi connectivity index (χ0v) is 19.8. The van der Waals surface area contributed by atoms with Crippen molar-refractivity contribution in [1.82, 2.24) is 0 Å². The molecule has 1 atom stereocenters. The lowest BCUT2D eigenvalue weighted by Gasteiger charge is -2.14. The predicted octanol–water partition coefficient (Wildman–Crippen LogP) is 5.84. The van der Waals surface area contributed by atoms with Gasteiger partial charge in [0, 0.05) is 13.5 Å². The van der Waals surface area contributed by atoms with Crippen LogP contribution in [0.1, 0.15) is 25.3 Å². The third-order valence-corrected chi connectivity index (χ3v) is 5.06. The van der Waals surface area contributed by atoms with Crippen LogP contribution in [-0.2, 0) is 20.7 Å². The number of rotatable bonds is 14. The van der Waals surface area contributed by atoms with Crippen molar-refractivity contribution in [3.8, 4) is 23.0 Å². The third-order valence-electron chi connectivity index (χ3n) is 5.06. The minimum Gasteiger partial charge on any atom is -0.494 e. The van der Waals surface area contributed by atoms with Crippen LogP contribution in [0.15, 0.2) is 78.9 Å². The zero-order chi connectivity index (χ0) is 24.0. The van der Waals surface area contributed by atoms with Crippen LogP contribution < -0.4 is 14.2 Å². The second-order valence-corrected chi connectivity index (χ2v) is 7.62. The Morgan fingerprint density at radius 1 is 0.735 bits per heavy atom. The fraction of sp³-hybridized carbons (Fsp3) is 0.321. The molecule has 6 nitrogen and oxygen atoms in total. The Morgan fingerprint density at radius 2 is 1.26 bits per heavy atom. The largest absolute Gasteiger partial charge is 0.494 e. The summed E-state index contributed by atoms with van der Waals surface area (Å²) in [6.07, 6.45) is 1.63. The lowest BCUT2D eigenvalue weighted by atomic mass is 10.1. The Morgan fingerprint density at radius 3 is 1.82 bits per heavy atom. The molecule has 0 aliphatic heterocycles. The maximum atomic E-state index is 11.9. The molecule has 0 unspecified atom stereocenters. The smallest absolute Gasteiger partial charge is 0.335 e. The second kappa shape index (κ2) is 13.9. The summed E-state index contributed by atoms with van der Waals surface area (Å²) in [7, 11) is 1.51. The first-order valence-corrected chi connectivity index (χ1v) is 11.5. The lowest BCUT2D eigenvalue weighted by molar-refractivity contribution is -0.154. The van der Waals surface area contributed by atoms with Crippen molar-refractivity contribution in [1.29, 1.82) is 0 Å². The normalized spacial score (nSPS) is 11.5. The van der Waals surface area contributed by atoms with Gasteiger partial charge in [-0.25, -0.2) is 4.79 Å². The van der Waals surface area contributed by atoms with Gasteiger partial charge >= 0.3 is 5.97 Å². The number of esters is 1. The van der Waals surface area contributed by atoms with Gasteiger partial charge in [0.05, 0.1) is 19.8 Å². The van der Waals surface area contributed by atoms with Crippen molar-refractivity contribution in [2.75, 3.05) is 26.9 Å². The minimum absolute atomic E-state index is 0.340. The first-order valence-electron chi connectivity index (χ1n) is 11.5. The number of carbonyl (C=O) groups is 1. The molecule has 3 rings (SSSR count). The molecule has 0 heterocycles. The van der Waals surface area contributed by atoms with E-state index in [1.807, 2.05) is 78.9 Å². The first kappa shape index (κ1) is 25.1. The molecule has 6 heteroatoms. The molecule has 180 valence electrons. The topological polar surface area (TPSA) is 63.2 Å². The molecule has 0 radical (unpaired) electrons. The molecule has 0 N–H and O–H groups in total. The van der Waals surface area contributed by atoms with Crippen molar-refractivity contribution >= 4 is 5.97 Å². The summed E-state index contributed by atoms with van der Waals surface area (Å²) in [6.45, 7) is 3.35. The summed E-state index contributed by atoms with van der Waals surface area (Å²) in [5.41, 5.74) is 0.987. The number of ether oxygens (including phenoxy) is 5. The number of unbranched alkanes of at least 4 members (excludes halogenated alkanes) is 1. The second-order valence-electron chi connectivity index (χ2n) is 7.62. The van der Waals surface area contributed by atoms with E-state index in [-0.39, 0.29) is 5.97 Å². The zero-order valence-electron chi connectivity index (χ0n) is 19.8. The van der Waals surface area contributed by atoms with E-state index in [0.29, 0.717) is 26.2 Å². The van der Waals surface area contributed by atoms with Gasteiger partial charge in [0.25, 0.3) is 0 Å². The van der Waals surface area contributed by atoms with Crippen LogP contribution in [0.4, 0.5) is 0 Å². The van der Waals surface area contributed by atoms with E-state index in [1.165, 1.54) is 7.11 Å². The fourth-order valence-electron chi connectivity index (χ4n) is 3.25. The molecule has 0 saturated carbocycles.